The van der Waals surface area contributed by atoms with Crippen LogP contribution < -0.4 is 10.1 Å². The van der Waals surface area contributed by atoms with E-state index in [9.17, 15) is 26.7 Å². The lowest BCUT2D eigenvalue weighted by molar-refractivity contribution is -0.157. The van der Waals surface area contributed by atoms with Crippen LogP contribution in [0, 0.1) is 17.0 Å². The van der Waals surface area contributed by atoms with Crippen LogP contribution in [0.1, 0.15) is 31.0 Å². The molecule has 3 aromatic heterocycles. The fraction of sp³-hybridized carbons (Fsp3) is 0.440. The van der Waals surface area contributed by atoms with Gasteiger partial charge in [-0.3, -0.25) is 9.69 Å². The van der Waals surface area contributed by atoms with Gasteiger partial charge in [-0.05, 0) is 44.5 Å². The van der Waals surface area contributed by atoms with Gasteiger partial charge in [0, 0.05) is 42.3 Å². The number of anilines is 2. The summed E-state index contributed by atoms with van der Waals surface area (Å²) in [4.78, 5) is 27.0. The molecular formula is C25H26F5N5O3S. The summed E-state index contributed by atoms with van der Waals surface area (Å²) in [5.74, 6) is -2.40. The zero-order valence-electron chi connectivity index (χ0n) is 21.1. The fourth-order valence-corrected chi connectivity index (χ4v) is 5.23. The minimum Gasteiger partial charge on any atom is -0.469 e. The van der Waals surface area contributed by atoms with E-state index in [4.69, 9.17) is 4.74 Å². The van der Waals surface area contributed by atoms with Gasteiger partial charge in [-0.1, -0.05) is 0 Å². The number of halogens is 5. The van der Waals surface area contributed by atoms with E-state index in [1.807, 2.05) is 11.8 Å². The molecule has 2 atom stereocenters. The number of nitrogens with zero attached hydrogens (tertiary/aromatic N) is 4. The molecule has 3 aromatic rings. The molecule has 1 aliphatic rings. The molecule has 0 aromatic carbocycles. The molecule has 39 heavy (non-hydrogen) atoms. The molecule has 14 heteroatoms. The van der Waals surface area contributed by atoms with Crippen molar-refractivity contribution in [2.45, 2.75) is 44.9 Å². The number of nitrogens with one attached hydrogen (secondary N) is 1. The van der Waals surface area contributed by atoms with Crippen molar-refractivity contribution in [2.24, 2.45) is 5.41 Å². The SMILES string of the molecule is COC(=O)C1(Cc2nc(Nc3nccs3)ccc2F)CCN(Cc2ccnc(OCC(F)(F)F)c2F)C(C)C1. The summed E-state index contributed by atoms with van der Waals surface area (Å²) >= 11 is 1.35. The van der Waals surface area contributed by atoms with E-state index in [0.717, 1.165) is 0 Å². The van der Waals surface area contributed by atoms with E-state index in [0.29, 0.717) is 17.5 Å². The molecule has 4 rings (SSSR count). The molecule has 1 fully saturated rings. The Morgan fingerprint density at radius 1 is 1.23 bits per heavy atom. The van der Waals surface area contributed by atoms with Gasteiger partial charge in [-0.15, -0.1) is 11.3 Å². The number of pyridine rings is 2. The second kappa shape index (κ2) is 11.8. The number of aromatic nitrogens is 3. The number of piperidine rings is 1. The van der Waals surface area contributed by atoms with Gasteiger partial charge >= 0.3 is 12.1 Å². The molecule has 2 unspecified atom stereocenters. The number of rotatable bonds is 9. The third kappa shape index (κ3) is 6.98. The van der Waals surface area contributed by atoms with Crippen LogP contribution in [-0.4, -0.2) is 58.3 Å². The van der Waals surface area contributed by atoms with E-state index >= 15 is 0 Å². The summed E-state index contributed by atoms with van der Waals surface area (Å²) in [6.45, 7) is 0.541. The fourth-order valence-electron chi connectivity index (χ4n) is 4.69. The number of ether oxygens (including phenoxy) is 2. The summed E-state index contributed by atoms with van der Waals surface area (Å²) in [6.07, 6.45) is -1.33. The lowest BCUT2D eigenvalue weighted by Crippen LogP contribution is -2.50. The van der Waals surface area contributed by atoms with Crippen LogP contribution in [0.5, 0.6) is 5.88 Å². The molecule has 0 aliphatic carbocycles. The second-order valence-electron chi connectivity index (χ2n) is 9.30. The van der Waals surface area contributed by atoms with Gasteiger partial charge in [0.1, 0.15) is 11.6 Å². The second-order valence-corrected chi connectivity index (χ2v) is 10.2. The van der Waals surface area contributed by atoms with E-state index in [2.05, 4.69) is 25.0 Å². The zero-order chi connectivity index (χ0) is 28.2. The Hall–Kier alpha value is -3.39. The Morgan fingerprint density at radius 3 is 2.69 bits per heavy atom. The summed E-state index contributed by atoms with van der Waals surface area (Å²) in [5, 5.41) is 5.37. The highest BCUT2D eigenvalue weighted by atomic mass is 32.1. The molecule has 0 amide bonds. The Morgan fingerprint density at radius 2 is 2.03 bits per heavy atom. The lowest BCUT2D eigenvalue weighted by atomic mass is 9.72. The van der Waals surface area contributed by atoms with Crippen LogP contribution in [0.25, 0.3) is 0 Å². The first-order valence-electron chi connectivity index (χ1n) is 12.0. The Labute approximate surface area is 225 Å². The van der Waals surface area contributed by atoms with Gasteiger partial charge < -0.3 is 14.8 Å². The number of esters is 1. The average Bonchev–Trinajstić information content (AvgIpc) is 3.40. The highest BCUT2D eigenvalue weighted by Gasteiger charge is 2.46. The largest absolute Gasteiger partial charge is 0.469 e. The van der Waals surface area contributed by atoms with Gasteiger partial charge in [-0.25, -0.2) is 23.7 Å². The number of hydrogen-bond acceptors (Lipinski definition) is 9. The van der Waals surface area contributed by atoms with Crippen LogP contribution in [0.2, 0.25) is 0 Å². The molecule has 0 saturated carbocycles. The molecule has 0 spiro atoms. The third-order valence-electron chi connectivity index (χ3n) is 6.58. The quantitative estimate of drug-likeness (QED) is 0.274. The highest BCUT2D eigenvalue weighted by molar-refractivity contribution is 7.13. The molecule has 8 nitrogen and oxygen atoms in total. The maximum Gasteiger partial charge on any atom is 0.422 e. The molecular weight excluding hydrogens is 545 g/mol. The third-order valence-corrected chi connectivity index (χ3v) is 7.27. The molecule has 1 saturated heterocycles. The molecule has 1 aliphatic heterocycles. The van der Waals surface area contributed by atoms with E-state index in [1.54, 1.807) is 11.6 Å². The van der Waals surface area contributed by atoms with E-state index < -0.39 is 41.7 Å². The first-order valence-corrected chi connectivity index (χ1v) is 12.8. The van der Waals surface area contributed by atoms with Crippen molar-refractivity contribution in [1.82, 2.24) is 19.9 Å². The smallest absolute Gasteiger partial charge is 0.422 e. The molecule has 0 bridgehead atoms. The van der Waals surface area contributed by atoms with Crippen molar-refractivity contribution in [3.05, 3.63) is 58.9 Å². The van der Waals surface area contributed by atoms with Gasteiger partial charge in [0.25, 0.3) is 5.88 Å². The minimum absolute atomic E-state index is 0.0177. The van der Waals surface area contributed by atoms with Crippen LogP contribution in [0.15, 0.2) is 36.0 Å². The van der Waals surface area contributed by atoms with Crippen molar-refractivity contribution < 1.29 is 36.2 Å². The monoisotopic (exact) mass is 571 g/mol. The Bertz CT molecular complexity index is 1290. The number of carbonyl (C=O) groups excluding carboxylic acids is 1. The van der Waals surface area contributed by atoms with Crippen molar-refractivity contribution in [1.29, 1.82) is 0 Å². The molecule has 1 N–H and O–H groups in total. The number of carbonyl (C=O) groups is 1. The van der Waals surface area contributed by atoms with Crippen LogP contribution in [-0.2, 0) is 22.5 Å². The zero-order valence-corrected chi connectivity index (χ0v) is 21.9. The van der Waals surface area contributed by atoms with E-state index in [-0.39, 0.29) is 43.1 Å². The van der Waals surface area contributed by atoms with Gasteiger partial charge in [0.2, 0.25) is 0 Å². The predicted octanol–water partition coefficient (Wildman–Crippen LogP) is 5.28. The number of thiazole rings is 1. The molecule has 210 valence electrons. The van der Waals surface area contributed by atoms with Gasteiger partial charge in [0.05, 0.1) is 18.2 Å². The Kier molecular flexibility index (Phi) is 8.64. The molecule has 4 heterocycles. The minimum atomic E-state index is -4.63. The summed E-state index contributed by atoms with van der Waals surface area (Å²) < 4.78 is 76.8. The summed E-state index contributed by atoms with van der Waals surface area (Å²) in [6, 6.07) is 3.83. The number of likely N-dealkylation sites (tertiary alicyclic amines) is 1. The predicted molar refractivity (Wildman–Crippen MR) is 133 cm³/mol. The maximum absolute atomic E-state index is 14.9. The highest BCUT2D eigenvalue weighted by Crippen LogP contribution is 2.40. The van der Waals surface area contributed by atoms with Crippen LogP contribution >= 0.6 is 11.3 Å². The lowest BCUT2D eigenvalue weighted by Gasteiger charge is -2.44. The van der Waals surface area contributed by atoms with E-state index in [1.165, 1.54) is 42.8 Å². The van der Waals surface area contributed by atoms with Gasteiger partial charge in [0.15, 0.2) is 17.6 Å². The van der Waals surface area contributed by atoms with Crippen LogP contribution in [0.3, 0.4) is 0 Å². The number of alkyl halides is 3. The maximum atomic E-state index is 14.9. The number of hydrogen-bond donors (Lipinski definition) is 1. The number of methoxy groups -OCH3 is 1. The van der Waals surface area contributed by atoms with Crippen molar-refractivity contribution in [2.75, 3.05) is 25.6 Å². The van der Waals surface area contributed by atoms with Gasteiger partial charge in [-0.2, -0.15) is 13.2 Å². The van der Waals surface area contributed by atoms with Crippen molar-refractivity contribution in [3.8, 4) is 5.88 Å². The summed E-state index contributed by atoms with van der Waals surface area (Å²) in [5.41, 5.74) is -0.890. The molecule has 0 radical (unpaired) electrons. The first-order chi connectivity index (χ1) is 18.5. The Balaban J connectivity index is 1.50. The van der Waals surface area contributed by atoms with Crippen LogP contribution in [0.4, 0.5) is 32.9 Å². The topological polar surface area (TPSA) is 89.5 Å². The standard InChI is InChI=1S/C25H26F5N5O3S/c1-15-11-24(22(36)37-2,12-18-17(26)3-4-19(33-18)34-23-32-8-10-39-23)6-9-35(15)13-16-5-7-31-21(20(16)27)38-14-25(28,29)30/h3-5,7-8,10,15H,6,9,11-14H2,1-2H3,(H,32,33,34). The van der Waals surface area contributed by atoms with Crippen molar-refractivity contribution >= 4 is 28.3 Å². The average molecular weight is 572 g/mol. The normalized spacial score (nSPS) is 20.0. The first kappa shape index (κ1) is 28.6. The van der Waals surface area contributed by atoms with Crippen molar-refractivity contribution in [3.63, 3.8) is 0 Å². The summed E-state index contributed by atoms with van der Waals surface area (Å²) in [7, 11) is 1.26.